The maximum absolute atomic E-state index is 12.9. The third-order valence-electron chi connectivity index (χ3n) is 2.66. The van der Waals surface area contributed by atoms with Gasteiger partial charge in [0.2, 0.25) is 16.1 Å². The van der Waals surface area contributed by atoms with Crippen molar-refractivity contribution in [3.8, 4) is 0 Å². The van der Waals surface area contributed by atoms with Crippen molar-refractivity contribution in [1.82, 2.24) is 63.1 Å². The monoisotopic (exact) mass is 415 g/mol. The van der Waals surface area contributed by atoms with Crippen molar-refractivity contribution in [2.24, 2.45) is 0 Å². The number of H-pyrrole nitrogens is 1. The molecule has 1 N–H and O–H groups in total. The van der Waals surface area contributed by atoms with Gasteiger partial charge in [-0.15, -0.1) is 23.5 Å². The second kappa shape index (κ2) is 6.34. The smallest absolute Gasteiger partial charge is 0.253 e. The highest BCUT2D eigenvalue weighted by Gasteiger charge is 2.31. The highest BCUT2D eigenvalue weighted by atomic mass is 32.2. The van der Waals surface area contributed by atoms with Crippen LogP contribution in [0.3, 0.4) is 0 Å². The number of rotatable bonds is 6. The molecular weight excluding hydrogens is 410 g/mol. The van der Waals surface area contributed by atoms with E-state index >= 15 is 0 Å². The van der Waals surface area contributed by atoms with E-state index < -0.39 is 31.3 Å². The van der Waals surface area contributed by atoms with E-state index in [2.05, 4.69) is 50.9 Å². The number of tetrazole rings is 1. The normalized spacial score (nSPS) is 13.1. The summed E-state index contributed by atoms with van der Waals surface area (Å²) in [6.07, 6.45) is 4.26. The number of hydrogen-bond donors (Lipinski definition) is 1. The number of hydrogen-bond acceptors (Lipinski definition) is 13. The molecule has 0 aliphatic rings. The van der Waals surface area contributed by atoms with Gasteiger partial charge in [0.05, 0.1) is 11.9 Å². The fourth-order valence-corrected chi connectivity index (χ4v) is 4.81. The van der Waals surface area contributed by atoms with Gasteiger partial charge in [0.1, 0.15) is 19.0 Å². The molecule has 0 radical (unpaired) electrons. The highest BCUT2D eigenvalue weighted by Crippen LogP contribution is 2.20. The molecular formula is C7H5N13O3S3. The van der Waals surface area contributed by atoms with Crippen LogP contribution < -0.4 is 0 Å². The lowest BCUT2D eigenvalue weighted by Gasteiger charge is -2.06. The fraction of sp³-hybridized carbons (Fsp3) is 0. The van der Waals surface area contributed by atoms with Gasteiger partial charge < -0.3 is 0 Å². The molecule has 1 atom stereocenters. The Kier molecular flexibility index (Phi) is 4.00. The molecule has 4 heterocycles. The van der Waals surface area contributed by atoms with Crippen LogP contribution in [0.2, 0.25) is 0 Å². The van der Waals surface area contributed by atoms with Crippen LogP contribution in [0.5, 0.6) is 0 Å². The Labute approximate surface area is 149 Å². The Bertz CT molecular complexity index is 1140. The minimum absolute atomic E-state index is 0.281. The molecule has 0 aliphatic heterocycles. The van der Waals surface area contributed by atoms with Crippen molar-refractivity contribution in [2.75, 3.05) is 0 Å². The van der Waals surface area contributed by atoms with Gasteiger partial charge in [0.15, 0.2) is 6.33 Å². The minimum Gasteiger partial charge on any atom is -0.253 e. The molecule has 0 fully saturated rings. The van der Waals surface area contributed by atoms with Crippen molar-refractivity contribution in [3.63, 3.8) is 0 Å². The number of nitrogens with zero attached hydrogens (tertiary/aromatic N) is 12. The summed E-state index contributed by atoms with van der Waals surface area (Å²) in [5, 5.41) is 23.1. The zero-order chi connectivity index (χ0) is 18.1. The van der Waals surface area contributed by atoms with Crippen LogP contribution in [0.15, 0.2) is 40.8 Å². The molecule has 26 heavy (non-hydrogen) atoms. The molecule has 1 unspecified atom stereocenters. The SMILES string of the molecule is O=S(c1ncnn1S(=O)(=O)c1ncnn1Sc1ncn[nH]1)n1cnnn1. The lowest BCUT2D eigenvalue weighted by Crippen LogP contribution is -2.23. The Morgan fingerprint density at radius 3 is 2.69 bits per heavy atom. The third kappa shape index (κ3) is 2.76. The maximum Gasteiger partial charge on any atom is 0.322 e. The molecule has 0 spiro atoms. The van der Waals surface area contributed by atoms with Crippen molar-refractivity contribution in [2.45, 2.75) is 15.5 Å². The first-order valence-electron chi connectivity index (χ1n) is 6.32. The fourth-order valence-electron chi connectivity index (χ4n) is 1.66. The average molecular weight is 415 g/mol. The highest BCUT2D eigenvalue weighted by molar-refractivity contribution is 7.98. The molecule has 0 saturated carbocycles. The van der Waals surface area contributed by atoms with Crippen molar-refractivity contribution in [1.29, 1.82) is 0 Å². The number of aromatic nitrogens is 13. The van der Waals surface area contributed by atoms with Crippen molar-refractivity contribution < 1.29 is 12.6 Å². The second-order valence-corrected chi connectivity index (χ2v) is 7.96. The number of aromatic amines is 1. The lowest BCUT2D eigenvalue weighted by atomic mass is 11.3. The predicted molar refractivity (Wildman–Crippen MR) is 79.9 cm³/mol. The Hall–Kier alpha value is -3.06. The van der Waals surface area contributed by atoms with Gasteiger partial charge >= 0.3 is 10.0 Å². The molecule has 0 aromatic carbocycles. The summed E-state index contributed by atoms with van der Waals surface area (Å²) in [7, 11) is -6.52. The van der Waals surface area contributed by atoms with Gasteiger partial charge in [-0.3, -0.25) is 5.10 Å². The molecule has 0 bridgehead atoms. The van der Waals surface area contributed by atoms with Crippen LogP contribution in [0.1, 0.15) is 0 Å². The topological polar surface area (TPSA) is 198 Å². The average Bonchev–Trinajstić information content (AvgIpc) is 3.40. The summed E-state index contributed by atoms with van der Waals surface area (Å²) >= 11 is 0.823. The van der Waals surface area contributed by atoms with Crippen molar-refractivity contribution >= 4 is 33.0 Å². The summed E-state index contributed by atoms with van der Waals surface area (Å²) in [5.41, 5.74) is 0. The third-order valence-corrected chi connectivity index (χ3v) is 6.26. The summed E-state index contributed by atoms with van der Waals surface area (Å²) in [4.78, 5) is 11.3. The summed E-state index contributed by atoms with van der Waals surface area (Å²) in [6.45, 7) is 0. The zero-order valence-corrected chi connectivity index (χ0v) is 14.6. The Morgan fingerprint density at radius 1 is 1.12 bits per heavy atom. The number of nitrogens with one attached hydrogen (secondary N) is 1. The van der Waals surface area contributed by atoms with E-state index in [4.69, 9.17) is 0 Å². The van der Waals surface area contributed by atoms with E-state index in [9.17, 15) is 12.6 Å². The zero-order valence-electron chi connectivity index (χ0n) is 12.1. The molecule has 19 heteroatoms. The van der Waals surface area contributed by atoms with E-state index in [1.165, 1.54) is 6.33 Å². The maximum atomic E-state index is 12.9. The van der Waals surface area contributed by atoms with Gasteiger partial charge in [-0.1, -0.05) is 0 Å². The Balaban J connectivity index is 1.74. The van der Waals surface area contributed by atoms with Crippen LogP contribution in [-0.4, -0.2) is 75.8 Å². The van der Waals surface area contributed by atoms with E-state index in [0.29, 0.717) is 4.09 Å². The molecule has 0 saturated heterocycles. The van der Waals surface area contributed by atoms with Gasteiger partial charge in [-0.05, 0) is 10.4 Å². The first-order valence-corrected chi connectivity index (χ1v) is 9.64. The first-order chi connectivity index (χ1) is 12.6. The Morgan fingerprint density at radius 2 is 1.96 bits per heavy atom. The molecule has 134 valence electrons. The molecule has 16 nitrogen and oxygen atoms in total. The standard InChI is InChI=1S/C7H5N13O3S3/c21-25(18-4-12-16-17-18)6-9-2-14-20(6)26(22,23)7-10-3-13-19(7)24-5-8-1-11-15-5/h1-4H,(H,8,11,15). The van der Waals surface area contributed by atoms with Crippen LogP contribution in [0.25, 0.3) is 0 Å². The van der Waals surface area contributed by atoms with Gasteiger partial charge in [-0.2, -0.15) is 17.6 Å². The molecule has 4 aromatic rings. The van der Waals surface area contributed by atoms with Gasteiger partial charge in [0, 0.05) is 0 Å². The largest absolute Gasteiger partial charge is 0.322 e. The van der Waals surface area contributed by atoms with E-state index in [-0.39, 0.29) is 5.16 Å². The lowest BCUT2D eigenvalue weighted by molar-refractivity contribution is 0.559. The first kappa shape index (κ1) is 16.4. The predicted octanol–water partition coefficient (Wildman–Crippen LogP) is -2.66. The molecule has 4 rings (SSSR count). The van der Waals surface area contributed by atoms with Crippen molar-refractivity contribution in [3.05, 3.63) is 25.3 Å². The minimum atomic E-state index is -4.38. The van der Waals surface area contributed by atoms with Crippen LogP contribution in [0.4, 0.5) is 0 Å². The quantitative estimate of drug-likeness (QED) is 0.342. The van der Waals surface area contributed by atoms with E-state index in [0.717, 1.165) is 39.1 Å². The summed E-state index contributed by atoms with van der Waals surface area (Å²) in [5.74, 6) is 0. The van der Waals surface area contributed by atoms with Gasteiger partial charge in [-0.25, -0.2) is 19.2 Å². The van der Waals surface area contributed by atoms with Gasteiger partial charge in [0.25, 0.3) is 10.3 Å². The second-order valence-electron chi connectivity index (χ2n) is 4.15. The van der Waals surface area contributed by atoms with Crippen LogP contribution >= 0.6 is 11.9 Å². The van der Waals surface area contributed by atoms with E-state index in [1.54, 1.807) is 0 Å². The van der Waals surface area contributed by atoms with Crippen LogP contribution in [0, 0.1) is 0 Å². The van der Waals surface area contributed by atoms with E-state index in [1.807, 2.05) is 0 Å². The summed E-state index contributed by atoms with van der Waals surface area (Å²) < 4.78 is 40.5. The summed E-state index contributed by atoms with van der Waals surface area (Å²) in [6, 6.07) is 0. The molecule has 4 aromatic heterocycles. The van der Waals surface area contributed by atoms with Crippen LogP contribution in [-0.2, 0) is 21.0 Å². The molecule has 0 aliphatic carbocycles. The molecule has 0 amide bonds.